The fourth-order valence-electron chi connectivity index (χ4n) is 0.976. The summed E-state index contributed by atoms with van der Waals surface area (Å²) in [5, 5.41) is 26.7. The second-order valence-electron chi connectivity index (χ2n) is 2.36. The van der Waals surface area contributed by atoms with Gasteiger partial charge in [0.05, 0.1) is 12.2 Å². The molecule has 3 N–H and O–H groups in total. The molecule has 1 rings (SSSR count). The predicted octanol–water partition coefficient (Wildman–Crippen LogP) is -0.933. The predicted molar refractivity (Wildman–Crippen MR) is 31.6 cm³/mol. The summed E-state index contributed by atoms with van der Waals surface area (Å²) in [7, 11) is 0. The fourth-order valence-corrected chi connectivity index (χ4v) is 0.976. The van der Waals surface area contributed by atoms with Crippen LogP contribution >= 0.6 is 0 Å². The molecule has 0 aromatic carbocycles. The monoisotopic (exact) mass is 131 g/mol. The molecule has 3 atom stereocenters. The molecule has 53 valence electrons. The Morgan fingerprint density at radius 2 is 1.89 bits per heavy atom. The zero-order valence-electron chi connectivity index (χ0n) is 5.07. The minimum absolute atomic E-state index is 0.554. The third-order valence-corrected chi connectivity index (χ3v) is 1.61. The van der Waals surface area contributed by atoms with Gasteiger partial charge in [0.25, 0.3) is 0 Å². The summed E-state index contributed by atoms with van der Waals surface area (Å²) in [4.78, 5) is 0. The number of aliphatic hydroxyl groups is 3. The normalized spacial score (nSPS) is 45.0. The van der Waals surface area contributed by atoms with Gasteiger partial charge in [0.1, 0.15) is 6.10 Å². The van der Waals surface area contributed by atoms with E-state index in [1.807, 2.05) is 0 Å². The van der Waals surface area contributed by atoms with E-state index in [1.165, 1.54) is 0 Å². The van der Waals surface area contributed by atoms with Crippen molar-refractivity contribution in [2.45, 2.75) is 31.2 Å². The Labute approximate surface area is 53.9 Å². The molecular weight excluding hydrogens is 120 g/mol. The van der Waals surface area contributed by atoms with Crippen LogP contribution in [0.1, 0.15) is 12.8 Å². The molecule has 3 nitrogen and oxygen atoms in total. The maximum absolute atomic E-state index is 8.92. The van der Waals surface area contributed by atoms with Crippen molar-refractivity contribution in [3.63, 3.8) is 0 Å². The molecule has 0 heterocycles. The Hall–Kier alpha value is -0.120. The lowest BCUT2D eigenvalue weighted by Gasteiger charge is -2.27. The summed E-state index contributed by atoms with van der Waals surface area (Å²) in [5.41, 5.74) is 0. The van der Waals surface area contributed by atoms with Crippen molar-refractivity contribution in [2.75, 3.05) is 0 Å². The SMILES string of the molecule is OC1[CH]CCC(O)C1O. The highest BCUT2D eigenvalue weighted by Crippen LogP contribution is 2.17. The molecule has 1 aliphatic rings. The number of hydrogen-bond acceptors (Lipinski definition) is 3. The molecule has 0 amide bonds. The van der Waals surface area contributed by atoms with E-state index >= 15 is 0 Å². The van der Waals surface area contributed by atoms with Gasteiger partial charge in [0, 0.05) is 0 Å². The van der Waals surface area contributed by atoms with E-state index in [0.29, 0.717) is 12.8 Å². The standard InChI is InChI=1S/C6H11O3/c7-4-2-1-3-5(8)6(4)9/h2,4-9H,1,3H2. The smallest absolute Gasteiger partial charge is 0.106 e. The first-order valence-electron chi connectivity index (χ1n) is 3.09. The largest absolute Gasteiger partial charge is 0.390 e. The zero-order chi connectivity index (χ0) is 6.85. The van der Waals surface area contributed by atoms with Gasteiger partial charge in [-0.25, -0.2) is 0 Å². The molecule has 0 saturated heterocycles. The van der Waals surface area contributed by atoms with Crippen LogP contribution in [0, 0.1) is 6.42 Å². The van der Waals surface area contributed by atoms with Crippen molar-refractivity contribution < 1.29 is 15.3 Å². The summed E-state index contributed by atoms with van der Waals surface area (Å²) in [6, 6.07) is 0. The first-order chi connectivity index (χ1) is 4.22. The van der Waals surface area contributed by atoms with Crippen molar-refractivity contribution >= 4 is 0 Å². The van der Waals surface area contributed by atoms with Crippen LogP contribution < -0.4 is 0 Å². The van der Waals surface area contributed by atoms with Crippen molar-refractivity contribution in [1.29, 1.82) is 0 Å². The Balaban J connectivity index is 2.41. The van der Waals surface area contributed by atoms with Crippen LogP contribution in [0.15, 0.2) is 0 Å². The third kappa shape index (κ3) is 1.41. The molecule has 1 aliphatic carbocycles. The summed E-state index contributed by atoms with van der Waals surface area (Å²) in [6.07, 6.45) is 0.284. The molecule has 0 aromatic heterocycles. The van der Waals surface area contributed by atoms with E-state index in [4.69, 9.17) is 15.3 Å². The molecule has 1 fully saturated rings. The molecule has 0 aromatic rings. The number of rotatable bonds is 0. The average molecular weight is 131 g/mol. The van der Waals surface area contributed by atoms with Gasteiger partial charge >= 0.3 is 0 Å². The van der Waals surface area contributed by atoms with E-state index in [9.17, 15) is 0 Å². The van der Waals surface area contributed by atoms with Crippen molar-refractivity contribution in [3.8, 4) is 0 Å². The van der Waals surface area contributed by atoms with E-state index in [-0.39, 0.29) is 0 Å². The highest BCUT2D eigenvalue weighted by atomic mass is 16.4. The van der Waals surface area contributed by atoms with Gasteiger partial charge in [-0.3, -0.25) is 0 Å². The van der Waals surface area contributed by atoms with Gasteiger partial charge in [-0.05, 0) is 19.3 Å². The summed E-state index contributed by atoms with van der Waals surface area (Å²) in [6.45, 7) is 0. The summed E-state index contributed by atoms with van der Waals surface area (Å²) in [5.74, 6) is 0. The summed E-state index contributed by atoms with van der Waals surface area (Å²) < 4.78 is 0. The fraction of sp³-hybridized carbons (Fsp3) is 0.833. The highest BCUT2D eigenvalue weighted by Gasteiger charge is 2.28. The Morgan fingerprint density at radius 1 is 1.22 bits per heavy atom. The Kier molecular flexibility index (Phi) is 2.05. The lowest BCUT2D eigenvalue weighted by molar-refractivity contribution is -0.0646. The Bertz CT molecular complexity index is 84.3. The van der Waals surface area contributed by atoms with E-state index in [1.54, 1.807) is 6.42 Å². The average Bonchev–Trinajstić information content (AvgIpc) is 1.83. The molecule has 1 radical (unpaired) electrons. The van der Waals surface area contributed by atoms with Crippen molar-refractivity contribution in [2.24, 2.45) is 0 Å². The van der Waals surface area contributed by atoms with E-state index in [2.05, 4.69) is 0 Å². The molecule has 0 bridgehead atoms. The molecule has 0 aliphatic heterocycles. The van der Waals surface area contributed by atoms with Gasteiger partial charge in [-0.2, -0.15) is 0 Å². The minimum Gasteiger partial charge on any atom is -0.390 e. The molecule has 1 saturated carbocycles. The molecule has 9 heavy (non-hydrogen) atoms. The number of aliphatic hydroxyl groups excluding tert-OH is 3. The van der Waals surface area contributed by atoms with Crippen LogP contribution in [-0.2, 0) is 0 Å². The molecule has 3 heteroatoms. The van der Waals surface area contributed by atoms with Crippen LogP contribution in [0.3, 0.4) is 0 Å². The lowest BCUT2D eigenvalue weighted by atomic mass is 9.92. The zero-order valence-corrected chi connectivity index (χ0v) is 5.07. The van der Waals surface area contributed by atoms with Gasteiger partial charge < -0.3 is 15.3 Å². The molecule has 3 unspecified atom stereocenters. The maximum Gasteiger partial charge on any atom is 0.106 e. The molecular formula is C6H11O3. The van der Waals surface area contributed by atoms with Crippen LogP contribution in [0.2, 0.25) is 0 Å². The lowest BCUT2D eigenvalue weighted by Crippen LogP contribution is -2.41. The number of hydrogen-bond donors (Lipinski definition) is 3. The third-order valence-electron chi connectivity index (χ3n) is 1.61. The van der Waals surface area contributed by atoms with Crippen molar-refractivity contribution in [3.05, 3.63) is 6.42 Å². The van der Waals surface area contributed by atoms with Crippen LogP contribution in [0.5, 0.6) is 0 Å². The van der Waals surface area contributed by atoms with Gasteiger partial charge in [0.2, 0.25) is 0 Å². The van der Waals surface area contributed by atoms with Gasteiger partial charge in [-0.1, -0.05) is 0 Å². The molecule has 0 spiro atoms. The summed E-state index contributed by atoms with van der Waals surface area (Å²) >= 11 is 0. The highest BCUT2D eigenvalue weighted by molar-refractivity contribution is 4.91. The van der Waals surface area contributed by atoms with Crippen LogP contribution in [0.4, 0.5) is 0 Å². The maximum atomic E-state index is 8.92. The first-order valence-corrected chi connectivity index (χ1v) is 3.09. The Morgan fingerprint density at radius 3 is 2.33 bits per heavy atom. The van der Waals surface area contributed by atoms with Crippen LogP contribution in [0.25, 0.3) is 0 Å². The minimum atomic E-state index is -0.973. The second kappa shape index (κ2) is 2.64. The topological polar surface area (TPSA) is 60.7 Å². The van der Waals surface area contributed by atoms with Crippen molar-refractivity contribution in [1.82, 2.24) is 0 Å². The first kappa shape index (κ1) is 6.99. The second-order valence-corrected chi connectivity index (χ2v) is 2.36. The van der Waals surface area contributed by atoms with E-state index in [0.717, 1.165) is 0 Å². The van der Waals surface area contributed by atoms with Gasteiger partial charge in [0.15, 0.2) is 0 Å². The van der Waals surface area contributed by atoms with Gasteiger partial charge in [-0.15, -0.1) is 0 Å². The van der Waals surface area contributed by atoms with Crippen LogP contribution in [-0.4, -0.2) is 33.6 Å². The quantitative estimate of drug-likeness (QED) is 0.398. The van der Waals surface area contributed by atoms with E-state index < -0.39 is 18.3 Å².